The molecule has 104 valence electrons. The monoisotopic (exact) mass is 285 g/mol. The fourth-order valence-corrected chi connectivity index (χ4v) is 2.64. The van der Waals surface area contributed by atoms with Crippen molar-refractivity contribution in [3.63, 3.8) is 0 Å². The van der Waals surface area contributed by atoms with Crippen LogP contribution in [0.5, 0.6) is 0 Å². The lowest BCUT2D eigenvalue weighted by Crippen LogP contribution is -2.17. The zero-order valence-electron chi connectivity index (χ0n) is 10.6. The van der Waals surface area contributed by atoms with E-state index in [2.05, 4.69) is 16.6 Å². The van der Waals surface area contributed by atoms with Crippen LogP contribution in [0.4, 0.5) is 10.1 Å². The second kappa shape index (κ2) is 7.12. The molecule has 2 N–H and O–H groups in total. The van der Waals surface area contributed by atoms with Gasteiger partial charge in [0.2, 0.25) is 10.0 Å². The molecule has 0 saturated heterocycles. The summed E-state index contributed by atoms with van der Waals surface area (Å²) in [5.41, 5.74) is 0.286. The average molecular weight is 285 g/mol. The van der Waals surface area contributed by atoms with Crippen molar-refractivity contribution >= 4 is 15.7 Å². The maximum absolute atomic E-state index is 13.7. The second-order valence-corrected chi connectivity index (χ2v) is 5.77. The van der Waals surface area contributed by atoms with Crippen molar-refractivity contribution in [2.45, 2.75) is 19.8 Å². The lowest BCUT2D eigenvalue weighted by Gasteiger charge is -2.08. The van der Waals surface area contributed by atoms with Crippen molar-refractivity contribution in [2.24, 2.45) is 0 Å². The predicted molar refractivity (Wildman–Crippen MR) is 72.7 cm³/mol. The van der Waals surface area contributed by atoms with E-state index >= 15 is 0 Å². The van der Waals surface area contributed by atoms with Gasteiger partial charge in [0, 0.05) is 5.56 Å². The number of aliphatic hydroxyl groups is 1. The lowest BCUT2D eigenvalue weighted by molar-refractivity contribution is 0.350. The Kier molecular flexibility index (Phi) is 5.80. The summed E-state index contributed by atoms with van der Waals surface area (Å²) in [4.78, 5) is 0. The van der Waals surface area contributed by atoms with Crippen LogP contribution in [0.25, 0.3) is 0 Å². The predicted octanol–water partition coefficient (Wildman–Crippen LogP) is 1.71. The zero-order valence-corrected chi connectivity index (χ0v) is 11.4. The molecule has 0 saturated carbocycles. The smallest absolute Gasteiger partial charge is 0.232 e. The lowest BCUT2D eigenvalue weighted by atomic mass is 10.2. The number of aliphatic hydroxyl groups excluding tert-OH is 1. The Labute approximate surface area is 112 Å². The summed E-state index contributed by atoms with van der Waals surface area (Å²) >= 11 is 0. The van der Waals surface area contributed by atoms with Crippen molar-refractivity contribution in [2.75, 3.05) is 17.1 Å². The third kappa shape index (κ3) is 5.28. The minimum absolute atomic E-state index is 0.0327. The van der Waals surface area contributed by atoms with Crippen LogP contribution in [0.15, 0.2) is 18.2 Å². The first kappa shape index (κ1) is 15.5. The Balaban J connectivity index is 2.86. The van der Waals surface area contributed by atoms with E-state index in [9.17, 15) is 12.8 Å². The molecule has 0 radical (unpaired) electrons. The van der Waals surface area contributed by atoms with Gasteiger partial charge in [0.15, 0.2) is 0 Å². The third-order valence-corrected chi connectivity index (χ3v) is 3.67. The maximum atomic E-state index is 13.7. The minimum Gasteiger partial charge on any atom is -0.384 e. The molecule has 0 heterocycles. The molecule has 0 aromatic heterocycles. The molecule has 0 aliphatic carbocycles. The van der Waals surface area contributed by atoms with Crippen molar-refractivity contribution in [3.05, 3.63) is 29.6 Å². The number of halogens is 1. The number of unbranched alkanes of at least 4 members (excludes halogenated alkanes) is 1. The molecule has 1 aromatic carbocycles. The highest BCUT2D eigenvalue weighted by molar-refractivity contribution is 7.92. The van der Waals surface area contributed by atoms with Gasteiger partial charge in [0.1, 0.15) is 12.4 Å². The summed E-state index contributed by atoms with van der Waals surface area (Å²) in [5, 5.41) is 8.53. The molecule has 0 aliphatic rings. The average Bonchev–Trinajstić information content (AvgIpc) is 2.37. The molecular weight excluding hydrogens is 269 g/mol. The Morgan fingerprint density at radius 2 is 2.16 bits per heavy atom. The number of hydrogen-bond acceptors (Lipinski definition) is 3. The molecule has 0 spiro atoms. The normalized spacial score (nSPS) is 10.7. The SMILES string of the molecule is CCCCS(=O)(=O)Nc1ccc(C#CCO)cc1F. The van der Waals surface area contributed by atoms with Gasteiger partial charge < -0.3 is 5.11 Å². The van der Waals surface area contributed by atoms with Gasteiger partial charge in [0.05, 0.1) is 11.4 Å². The van der Waals surface area contributed by atoms with Crippen molar-refractivity contribution in [3.8, 4) is 11.8 Å². The topological polar surface area (TPSA) is 66.4 Å². The molecule has 0 bridgehead atoms. The zero-order chi connectivity index (χ0) is 14.3. The third-order valence-electron chi connectivity index (χ3n) is 2.31. The molecule has 19 heavy (non-hydrogen) atoms. The number of rotatable bonds is 5. The quantitative estimate of drug-likeness (QED) is 0.809. The van der Waals surface area contributed by atoms with Crippen molar-refractivity contribution < 1.29 is 17.9 Å². The van der Waals surface area contributed by atoms with Gasteiger partial charge in [-0.25, -0.2) is 12.8 Å². The molecule has 1 rings (SSSR count). The summed E-state index contributed by atoms with van der Waals surface area (Å²) in [6.45, 7) is 1.57. The van der Waals surface area contributed by atoms with Crippen LogP contribution in [0.3, 0.4) is 0 Å². The van der Waals surface area contributed by atoms with Gasteiger partial charge in [-0.15, -0.1) is 0 Å². The summed E-state index contributed by atoms with van der Waals surface area (Å²) in [5.74, 6) is 4.21. The Morgan fingerprint density at radius 3 is 2.74 bits per heavy atom. The first-order valence-corrected chi connectivity index (χ1v) is 7.53. The van der Waals surface area contributed by atoms with Gasteiger partial charge in [-0.05, 0) is 24.6 Å². The van der Waals surface area contributed by atoms with Crippen molar-refractivity contribution in [1.29, 1.82) is 0 Å². The molecule has 0 fully saturated rings. The summed E-state index contributed by atoms with van der Waals surface area (Å²) in [6, 6.07) is 3.93. The minimum atomic E-state index is -3.52. The highest BCUT2D eigenvalue weighted by Crippen LogP contribution is 2.17. The Bertz CT molecular complexity index is 588. The molecule has 6 heteroatoms. The van der Waals surface area contributed by atoms with Gasteiger partial charge in [-0.2, -0.15) is 0 Å². The van der Waals surface area contributed by atoms with E-state index in [-0.39, 0.29) is 18.0 Å². The fourth-order valence-electron chi connectivity index (χ4n) is 1.37. The molecular formula is C13H16FNO3S. The Hall–Kier alpha value is -1.58. The van der Waals surface area contributed by atoms with Crippen LogP contribution in [0.1, 0.15) is 25.3 Å². The van der Waals surface area contributed by atoms with E-state index < -0.39 is 15.8 Å². The highest BCUT2D eigenvalue weighted by atomic mass is 32.2. The van der Waals surface area contributed by atoms with E-state index in [0.717, 1.165) is 12.5 Å². The van der Waals surface area contributed by atoms with Gasteiger partial charge in [-0.1, -0.05) is 25.2 Å². The maximum Gasteiger partial charge on any atom is 0.232 e. The summed E-state index contributed by atoms with van der Waals surface area (Å²) in [6.07, 6.45) is 1.27. The van der Waals surface area contributed by atoms with Crippen molar-refractivity contribution in [1.82, 2.24) is 0 Å². The summed E-state index contributed by atoms with van der Waals surface area (Å²) in [7, 11) is -3.52. The van der Waals surface area contributed by atoms with Crippen LogP contribution >= 0.6 is 0 Å². The second-order valence-electron chi connectivity index (χ2n) is 3.93. The molecule has 0 unspecified atom stereocenters. The van der Waals surface area contributed by atoms with Gasteiger partial charge >= 0.3 is 0 Å². The largest absolute Gasteiger partial charge is 0.384 e. The first-order chi connectivity index (χ1) is 8.98. The molecule has 4 nitrogen and oxygen atoms in total. The standard InChI is InChI=1S/C13H16FNO3S/c1-2-3-9-19(17,18)15-13-7-6-11(5-4-8-16)10-12(13)14/h6-7,10,15-16H,2-3,8-9H2,1H3. The van der Waals surface area contributed by atoms with Crippen LogP contribution in [0.2, 0.25) is 0 Å². The summed E-state index contributed by atoms with van der Waals surface area (Å²) < 4.78 is 39.1. The molecule has 0 amide bonds. The van der Waals surface area contributed by atoms with E-state index in [1.165, 1.54) is 12.1 Å². The van der Waals surface area contributed by atoms with Crippen LogP contribution in [-0.2, 0) is 10.0 Å². The van der Waals surface area contributed by atoms with Crippen LogP contribution < -0.4 is 4.72 Å². The molecule has 0 aliphatic heterocycles. The van der Waals surface area contributed by atoms with E-state index in [4.69, 9.17) is 5.11 Å². The number of anilines is 1. The van der Waals surface area contributed by atoms with Gasteiger partial charge in [-0.3, -0.25) is 4.72 Å². The van der Waals surface area contributed by atoms with E-state index in [0.29, 0.717) is 12.0 Å². The van der Waals surface area contributed by atoms with Crippen LogP contribution in [-0.4, -0.2) is 25.9 Å². The number of hydrogen-bond donors (Lipinski definition) is 2. The fraction of sp³-hybridized carbons (Fsp3) is 0.385. The first-order valence-electron chi connectivity index (χ1n) is 5.88. The van der Waals surface area contributed by atoms with Crippen LogP contribution in [0, 0.1) is 17.7 Å². The molecule has 0 atom stereocenters. The Morgan fingerprint density at radius 1 is 1.42 bits per heavy atom. The number of nitrogens with one attached hydrogen (secondary N) is 1. The van der Waals surface area contributed by atoms with E-state index in [1.807, 2.05) is 6.92 Å². The molecule has 1 aromatic rings. The number of benzene rings is 1. The highest BCUT2D eigenvalue weighted by Gasteiger charge is 2.12. The van der Waals surface area contributed by atoms with E-state index in [1.54, 1.807) is 0 Å². The number of sulfonamides is 1. The van der Waals surface area contributed by atoms with Gasteiger partial charge in [0.25, 0.3) is 0 Å².